The Kier molecular flexibility index (Phi) is 7.54. The van der Waals surface area contributed by atoms with Gasteiger partial charge in [0, 0.05) is 41.0 Å². The molecule has 2 aliphatic rings. The number of ether oxygens (including phenoxy) is 2. The number of anilines is 3. The lowest BCUT2D eigenvalue weighted by atomic mass is 9.89. The van der Waals surface area contributed by atoms with E-state index in [-0.39, 0.29) is 24.7 Å². The largest absolute Gasteiger partial charge is 0.493 e. The highest BCUT2D eigenvalue weighted by Crippen LogP contribution is 2.48. The zero-order chi connectivity index (χ0) is 29.5. The molecule has 11 heteroatoms. The number of carboxylic acids is 1. The highest BCUT2D eigenvalue weighted by Gasteiger charge is 2.48. The molecule has 1 N–H and O–H groups in total. The molecule has 0 aliphatic carbocycles. The van der Waals surface area contributed by atoms with E-state index < -0.39 is 35.9 Å². The van der Waals surface area contributed by atoms with E-state index in [0.29, 0.717) is 34.0 Å². The first-order valence-corrected chi connectivity index (χ1v) is 13.4. The molecule has 0 saturated carbocycles. The Balaban J connectivity index is 1.56. The van der Waals surface area contributed by atoms with E-state index in [0.717, 1.165) is 17.8 Å². The van der Waals surface area contributed by atoms with E-state index in [4.69, 9.17) is 9.47 Å². The Morgan fingerprint density at radius 2 is 1.83 bits per heavy atom. The first-order chi connectivity index (χ1) is 19.5. The number of carbonyl (C=O) groups is 2. The molecule has 1 amide bonds. The summed E-state index contributed by atoms with van der Waals surface area (Å²) < 4.78 is 53.6. The normalized spacial score (nSPS) is 18.1. The number of rotatable bonds is 8. The third-order valence-electron chi connectivity index (χ3n) is 7.57. The summed E-state index contributed by atoms with van der Waals surface area (Å²) in [6, 6.07) is 12.3. The topological polar surface area (TPSA) is 92.2 Å². The molecule has 0 radical (unpaired) electrons. The van der Waals surface area contributed by atoms with Crippen molar-refractivity contribution >= 4 is 28.9 Å². The molecule has 0 spiro atoms. The summed E-state index contributed by atoms with van der Waals surface area (Å²) in [7, 11) is 0. The Bertz CT molecular complexity index is 1460. The van der Waals surface area contributed by atoms with Gasteiger partial charge in [-0.25, -0.2) is 0 Å². The van der Waals surface area contributed by atoms with Crippen LogP contribution >= 0.6 is 0 Å². The monoisotopic (exact) mass is 569 g/mol. The van der Waals surface area contributed by atoms with E-state index in [1.807, 2.05) is 36.9 Å². The maximum atomic E-state index is 14.0. The van der Waals surface area contributed by atoms with Crippen LogP contribution in [-0.4, -0.2) is 47.9 Å². The highest BCUT2D eigenvalue weighted by molar-refractivity contribution is 5.98. The number of amides is 1. The molecule has 3 heterocycles. The SMILES string of the molecule is CCCN(c1ccc(C)nc1)c1cccc2c1OC[C@H]2N(C(=O)C(F)(F)F)c1ccc2c(c1)OC[C@H]2C(C)C(=O)O. The molecule has 1 unspecified atom stereocenters. The van der Waals surface area contributed by atoms with Crippen LogP contribution in [-0.2, 0) is 9.59 Å². The fourth-order valence-electron chi connectivity index (χ4n) is 5.41. The number of benzene rings is 2. The van der Waals surface area contributed by atoms with E-state index in [1.165, 1.54) is 12.1 Å². The minimum Gasteiger partial charge on any atom is -0.493 e. The van der Waals surface area contributed by atoms with Crippen molar-refractivity contribution in [2.45, 2.75) is 45.3 Å². The number of aromatic nitrogens is 1. The number of nitrogens with zero attached hydrogens (tertiary/aromatic N) is 3. The average molecular weight is 570 g/mol. The third-order valence-corrected chi connectivity index (χ3v) is 7.57. The predicted molar refractivity (Wildman–Crippen MR) is 146 cm³/mol. The zero-order valence-electron chi connectivity index (χ0n) is 22.8. The van der Waals surface area contributed by atoms with Gasteiger partial charge in [0.05, 0.1) is 36.1 Å². The van der Waals surface area contributed by atoms with Gasteiger partial charge in [-0.15, -0.1) is 0 Å². The van der Waals surface area contributed by atoms with Crippen molar-refractivity contribution in [2.24, 2.45) is 5.92 Å². The number of carboxylic acid groups (broad SMARTS) is 1. The Hall–Kier alpha value is -4.28. The lowest BCUT2D eigenvalue weighted by Gasteiger charge is -2.30. The van der Waals surface area contributed by atoms with Crippen LogP contribution in [0.3, 0.4) is 0 Å². The summed E-state index contributed by atoms with van der Waals surface area (Å²) in [6.45, 7) is 5.96. The van der Waals surface area contributed by atoms with Gasteiger partial charge in [0.1, 0.15) is 18.1 Å². The first kappa shape index (κ1) is 28.3. The van der Waals surface area contributed by atoms with Crippen molar-refractivity contribution in [1.29, 1.82) is 0 Å². The quantitative estimate of drug-likeness (QED) is 0.347. The number of hydrogen-bond donors (Lipinski definition) is 1. The van der Waals surface area contributed by atoms with Crippen LogP contribution in [0.15, 0.2) is 54.7 Å². The van der Waals surface area contributed by atoms with E-state index in [2.05, 4.69) is 4.98 Å². The van der Waals surface area contributed by atoms with Crippen LogP contribution in [0.2, 0.25) is 0 Å². The second-order valence-corrected chi connectivity index (χ2v) is 10.3. The van der Waals surface area contributed by atoms with Crippen LogP contribution in [0.4, 0.5) is 30.2 Å². The summed E-state index contributed by atoms with van der Waals surface area (Å²) in [5.74, 6) is -3.58. The molecule has 8 nitrogen and oxygen atoms in total. The Morgan fingerprint density at radius 1 is 1.07 bits per heavy atom. The fraction of sp³-hybridized carbons (Fsp3) is 0.367. The number of pyridine rings is 1. The second-order valence-electron chi connectivity index (χ2n) is 10.3. The van der Waals surface area contributed by atoms with Crippen LogP contribution in [0, 0.1) is 12.8 Å². The minimum atomic E-state index is -5.15. The number of para-hydroxylation sites is 1. The van der Waals surface area contributed by atoms with Crippen LogP contribution in [0.1, 0.15) is 49.0 Å². The van der Waals surface area contributed by atoms with Crippen LogP contribution < -0.4 is 19.3 Å². The zero-order valence-corrected chi connectivity index (χ0v) is 22.8. The summed E-state index contributed by atoms with van der Waals surface area (Å²) >= 11 is 0. The Morgan fingerprint density at radius 3 is 2.49 bits per heavy atom. The lowest BCUT2D eigenvalue weighted by Crippen LogP contribution is -2.44. The van der Waals surface area contributed by atoms with Gasteiger partial charge in [-0.2, -0.15) is 13.2 Å². The number of carbonyl (C=O) groups excluding carboxylic acids is 1. The molecule has 1 aromatic heterocycles. The molecule has 0 saturated heterocycles. The third kappa shape index (κ3) is 5.28. The van der Waals surface area contributed by atoms with E-state index in [9.17, 15) is 27.9 Å². The summed E-state index contributed by atoms with van der Waals surface area (Å²) in [5.41, 5.74) is 3.33. The number of hydrogen-bond acceptors (Lipinski definition) is 6. The molecule has 5 rings (SSSR count). The maximum absolute atomic E-state index is 14.0. The highest BCUT2D eigenvalue weighted by atomic mass is 19.4. The van der Waals surface area contributed by atoms with Crippen molar-refractivity contribution in [3.8, 4) is 11.5 Å². The lowest BCUT2D eigenvalue weighted by molar-refractivity contribution is -0.171. The molecule has 41 heavy (non-hydrogen) atoms. The summed E-state index contributed by atoms with van der Waals surface area (Å²) in [4.78, 5) is 31.5. The molecule has 0 bridgehead atoms. The van der Waals surface area contributed by atoms with Gasteiger partial charge >= 0.3 is 18.1 Å². The second kappa shape index (κ2) is 10.9. The van der Waals surface area contributed by atoms with Gasteiger partial charge in [0.25, 0.3) is 0 Å². The van der Waals surface area contributed by atoms with Crippen LogP contribution in [0.25, 0.3) is 0 Å². The number of aryl methyl sites for hydroxylation is 1. The van der Waals surface area contributed by atoms with Crippen molar-refractivity contribution in [1.82, 2.24) is 4.98 Å². The average Bonchev–Trinajstić information content (AvgIpc) is 3.56. The van der Waals surface area contributed by atoms with Gasteiger partial charge in [0.15, 0.2) is 0 Å². The summed E-state index contributed by atoms with van der Waals surface area (Å²) in [6.07, 6.45) is -2.63. The Labute approximate surface area is 235 Å². The van der Waals surface area contributed by atoms with Gasteiger partial charge in [-0.3, -0.25) is 19.5 Å². The van der Waals surface area contributed by atoms with Crippen molar-refractivity contribution < 1.29 is 37.3 Å². The number of alkyl halides is 3. The fourth-order valence-corrected chi connectivity index (χ4v) is 5.41. The first-order valence-electron chi connectivity index (χ1n) is 13.4. The van der Waals surface area contributed by atoms with Crippen molar-refractivity contribution in [2.75, 3.05) is 29.6 Å². The number of aliphatic carboxylic acids is 1. The van der Waals surface area contributed by atoms with E-state index >= 15 is 0 Å². The molecule has 3 atom stereocenters. The molecule has 0 fully saturated rings. The smallest absolute Gasteiger partial charge is 0.471 e. The van der Waals surface area contributed by atoms with Crippen LogP contribution in [0.5, 0.6) is 11.5 Å². The standard InChI is InChI=1S/C30H30F3N3O5/c1-4-12-35(20-9-8-17(2)34-14-20)24-7-5-6-22-25(16-41-27(22)24)36(29(39)30(31,32)33)19-10-11-21-23(18(3)28(37)38)15-40-26(21)13-19/h5-11,13-14,18,23,25H,4,12,15-16H2,1-3H3,(H,37,38)/t18?,23-,25+/m0/s1. The number of fused-ring (bicyclic) bond motifs is 2. The van der Waals surface area contributed by atoms with Gasteiger partial charge < -0.3 is 19.5 Å². The molecular formula is C30H30F3N3O5. The molecular weight excluding hydrogens is 539 g/mol. The molecule has 3 aromatic rings. The van der Waals surface area contributed by atoms with Gasteiger partial charge in [-0.05, 0) is 37.6 Å². The number of halogens is 3. The van der Waals surface area contributed by atoms with Gasteiger partial charge in [0.2, 0.25) is 0 Å². The van der Waals surface area contributed by atoms with E-state index in [1.54, 1.807) is 31.3 Å². The molecule has 2 aliphatic heterocycles. The molecule has 2 aromatic carbocycles. The minimum absolute atomic E-state index is 0.0188. The molecule has 216 valence electrons. The van der Waals surface area contributed by atoms with Crippen molar-refractivity contribution in [3.05, 3.63) is 71.5 Å². The maximum Gasteiger partial charge on any atom is 0.471 e. The van der Waals surface area contributed by atoms with Gasteiger partial charge in [-0.1, -0.05) is 32.0 Å². The summed E-state index contributed by atoms with van der Waals surface area (Å²) in [5, 5.41) is 9.44. The predicted octanol–water partition coefficient (Wildman–Crippen LogP) is 6.16. The van der Waals surface area contributed by atoms with Crippen molar-refractivity contribution in [3.63, 3.8) is 0 Å².